The van der Waals surface area contributed by atoms with Gasteiger partial charge in [-0.3, -0.25) is 4.79 Å². The molecule has 128 valence electrons. The van der Waals surface area contributed by atoms with Crippen LogP contribution in [0.15, 0.2) is 47.1 Å². The Morgan fingerprint density at radius 3 is 2.83 bits per heavy atom. The Bertz CT molecular complexity index is 636. The lowest BCUT2D eigenvalue weighted by atomic mass is 10.1. The molecule has 1 fully saturated rings. The molecule has 1 aliphatic heterocycles. The molecule has 1 atom stereocenters. The van der Waals surface area contributed by atoms with Crippen LogP contribution in [0.3, 0.4) is 0 Å². The lowest BCUT2D eigenvalue weighted by Crippen LogP contribution is -2.46. The van der Waals surface area contributed by atoms with E-state index in [4.69, 9.17) is 13.9 Å². The van der Waals surface area contributed by atoms with Gasteiger partial charge in [0.25, 0.3) is 0 Å². The van der Waals surface area contributed by atoms with Gasteiger partial charge in [-0.1, -0.05) is 12.1 Å². The number of rotatable bonds is 6. The Hall–Kier alpha value is -2.27. The maximum Gasteiger partial charge on any atom is 0.223 e. The fraction of sp³-hybridized carbons (Fsp3) is 0.421. The van der Waals surface area contributed by atoms with Crippen molar-refractivity contribution < 1.29 is 18.7 Å². The molecular formula is C19H23NO4. The molecule has 0 bridgehead atoms. The van der Waals surface area contributed by atoms with Crippen LogP contribution in [0, 0.1) is 0 Å². The van der Waals surface area contributed by atoms with Crippen LogP contribution in [-0.2, 0) is 22.4 Å². The number of hydrogen-bond donors (Lipinski definition) is 0. The third kappa shape index (κ3) is 4.38. The second-order valence-electron chi connectivity index (χ2n) is 5.96. The average molecular weight is 329 g/mol. The van der Waals surface area contributed by atoms with Crippen LogP contribution in [0.25, 0.3) is 0 Å². The summed E-state index contributed by atoms with van der Waals surface area (Å²) in [6.07, 6.45) is 3.60. The highest BCUT2D eigenvalue weighted by atomic mass is 16.5. The Morgan fingerprint density at radius 1 is 1.29 bits per heavy atom. The van der Waals surface area contributed by atoms with Crippen LogP contribution < -0.4 is 4.74 Å². The topological polar surface area (TPSA) is 51.9 Å². The minimum absolute atomic E-state index is 0.0414. The molecule has 24 heavy (non-hydrogen) atoms. The molecule has 0 spiro atoms. The highest BCUT2D eigenvalue weighted by Crippen LogP contribution is 2.16. The number of furan rings is 1. The summed E-state index contributed by atoms with van der Waals surface area (Å²) >= 11 is 0. The summed E-state index contributed by atoms with van der Waals surface area (Å²) in [5, 5.41) is 0. The van der Waals surface area contributed by atoms with Gasteiger partial charge in [-0.2, -0.15) is 0 Å². The van der Waals surface area contributed by atoms with Crippen molar-refractivity contribution in [3.8, 4) is 5.75 Å². The number of nitrogens with zero attached hydrogens (tertiary/aromatic N) is 1. The summed E-state index contributed by atoms with van der Waals surface area (Å²) in [4.78, 5) is 14.3. The molecule has 3 rings (SSSR count). The lowest BCUT2D eigenvalue weighted by molar-refractivity contribution is -0.138. The highest BCUT2D eigenvalue weighted by Gasteiger charge is 2.24. The number of amides is 1. The predicted molar refractivity (Wildman–Crippen MR) is 90.0 cm³/mol. The fourth-order valence-electron chi connectivity index (χ4n) is 2.94. The van der Waals surface area contributed by atoms with Crippen molar-refractivity contribution >= 4 is 5.91 Å². The molecule has 1 aromatic carbocycles. The first-order chi connectivity index (χ1) is 11.7. The maximum atomic E-state index is 12.4. The first kappa shape index (κ1) is 16.6. The van der Waals surface area contributed by atoms with Crippen LogP contribution in [0.5, 0.6) is 5.75 Å². The van der Waals surface area contributed by atoms with Gasteiger partial charge < -0.3 is 18.8 Å². The Morgan fingerprint density at radius 2 is 2.12 bits per heavy atom. The van der Waals surface area contributed by atoms with Crippen molar-refractivity contribution in [3.63, 3.8) is 0 Å². The van der Waals surface area contributed by atoms with Gasteiger partial charge in [0.05, 0.1) is 26.1 Å². The molecule has 2 aromatic rings. The number of carbonyl (C=O) groups excluding carboxylic acids is 1. The molecule has 1 aromatic heterocycles. The number of hydrogen-bond acceptors (Lipinski definition) is 4. The zero-order chi connectivity index (χ0) is 16.8. The van der Waals surface area contributed by atoms with E-state index < -0.39 is 0 Å². The van der Waals surface area contributed by atoms with Gasteiger partial charge in [0.1, 0.15) is 11.5 Å². The van der Waals surface area contributed by atoms with E-state index in [1.54, 1.807) is 13.4 Å². The van der Waals surface area contributed by atoms with E-state index in [2.05, 4.69) is 0 Å². The summed E-state index contributed by atoms with van der Waals surface area (Å²) in [7, 11) is 1.66. The van der Waals surface area contributed by atoms with E-state index in [1.165, 1.54) is 5.56 Å². The Kier molecular flexibility index (Phi) is 5.54. The zero-order valence-corrected chi connectivity index (χ0v) is 13.9. The van der Waals surface area contributed by atoms with Crippen LogP contribution in [-0.4, -0.2) is 43.7 Å². The maximum absolute atomic E-state index is 12.4. The summed E-state index contributed by atoms with van der Waals surface area (Å²) in [5.41, 5.74) is 1.19. The van der Waals surface area contributed by atoms with Crippen LogP contribution in [0.2, 0.25) is 0 Å². The summed E-state index contributed by atoms with van der Waals surface area (Å²) in [6, 6.07) is 11.7. The molecule has 2 heterocycles. The molecule has 1 unspecified atom stereocenters. The molecule has 1 aliphatic rings. The number of ether oxygens (including phenoxy) is 2. The van der Waals surface area contributed by atoms with E-state index in [0.717, 1.165) is 17.9 Å². The highest BCUT2D eigenvalue weighted by molar-refractivity contribution is 5.76. The number of benzene rings is 1. The van der Waals surface area contributed by atoms with Crippen molar-refractivity contribution in [1.82, 2.24) is 4.90 Å². The first-order valence-corrected chi connectivity index (χ1v) is 8.29. The average Bonchev–Trinajstić information content (AvgIpc) is 3.14. The normalized spacial score (nSPS) is 17.7. The number of aryl methyl sites for hydroxylation is 1. The second kappa shape index (κ2) is 8.02. The smallest absolute Gasteiger partial charge is 0.223 e. The van der Waals surface area contributed by atoms with Crippen LogP contribution in [0.4, 0.5) is 0 Å². The standard InChI is InChI=1S/C19H23NO4/c1-22-16-6-4-15(5-7-16)13-18-14-20(10-12-24-18)19(21)9-8-17-3-2-11-23-17/h2-7,11,18H,8-10,12-14H2,1H3. The van der Waals surface area contributed by atoms with E-state index in [9.17, 15) is 4.79 Å². The molecule has 5 nitrogen and oxygen atoms in total. The van der Waals surface area contributed by atoms with Crippen molar-refractivity contribution in [3.05, 3.63) is 54.0 Å². The summed E-state index contributed by atoms with van der Waals surface area (Å²) in [5.74, 6) is 1.86. The van der Waals surface area contributed by atoms with E-state index in [-0.39, 0.29) is 12.0 Å². The van der Waals surface area contributed by atoms with Gasteiger partial charge in [0.15, 0.2) is 0 Å². The third-order valence-electron chi connectivity index (χ3n) is 4.28. The summed E-state index contributed by atoms with van der Waals surface area (Å²) < 4.78 is 16.3. The fourth-order valence-corrected chi connectivity index (χ4v) is 2.94. The van der Waals surface area contributed by atoms with Gasteiger partial charge in [-0.05, 0) is 29.8 Å². The largest absolute Gasteiger partial charge is 0.497 e. The predicted octanol–water partition coefficient (Wildman–Crippen LogP) is 2.69. The number of methoxy groups -OCH3 is 1. The van der Waals surface area contributed by atoms with Gasteiger partial charge in [0, 0.05) is 32.4 Å². The van der Waals surface area contributed by atoms with Gasteiger partial charge >= 0.3 is 0 Å². The van der Waals surface area contributed by atoms with E-state index in [1.807, 2.05) is 41.3 Å². The summed E-state index contributed by atoms with van der Waals surface area (Å²) in [6.45, 7) is 1.90. The van der Waals surface area contributed by atoms with Crippen molar-refractivity contribution in [2.75, 3.05) is 26.8 Å². The van der Waals surface area contributed by atoms with Gasteiger partial charge in [0.2, 0.25) is 5.91 Å². The van der Waals surface area contributed by atoms with Gasteiger partial charge in [-0.25, -0.2) is 0 Å². The van der Waals surface area contributed by atoms with Crippen LogP contribution in [0.1, 0.15) is 17.7 Å². The van der Waals surface area contributed by atoms with E-state index in [0.29, 0.717) is 32.5 Å². The Labute approximate surface area is 142 Å². The molecule has 0 saturated carbocycles. The molecule has 5 heteroatoms. The number of morpholine rings is 1. The minimum atomic E-state index is 0.0414. The number of carbonyl (C=O) groups is 1. The second-order valence-corrected chi connectivity index (χ2v) is 5.96. The quantitative estimate of drug-likeness (QED) is 0.818. The van der Waals surface area contributed by atoms with Gasteiger partial charge in [-0.15, -0.1) is 0 Å². The van der Waals surface area contributed by atoms with E-state index >= 15 is 0 Å². The molecule has 0 radical (unpaired) electrons. The van der Waals surface area contributed by atoms with Crippen LogP contribution >= 0.6 is 0 Å². The molecule has 1 amide bonds. The lowest BCUT2D eigenvalue weighted by Gasteiger charge is -2.33. The monoisotopic (exact) mass is 329 g/mol. The third-order valence-corrected chi connectivity index (χ3v) is 4.28. The van der Waals surface area contributed by atoms with Crippen molar-refractivity contribution in [2.24, 2.45) is 0 Å². The molecule has 0 N–H and O–H groups in total. The Balaban J connectivity index is 1.50. The molecule has 1 saturated heterocycles. The zero-order valence-electron chi connectivity index (χ0n) is 13.9. The van der Waals surface area contributed by atoms with Crippen molar-refractivity contribution in [2.45, 2.75) is 25.4 Å². The van der Waals surface area contributed by atoms with Crippen molar-refractivity contribution in [1.29, 1.82) is 0 Å². The SMILES string of the molecule is COc1ccc(CC2CN(C(=O)CCc3ccco3)CCO2)cc1. The minimum Gasteiger partial charge on any atom is -0.497 e. The molecular weight excluding hydrogens is 306 g/mol. The first-order valence-electron chi connectivity index (χ1n) is 8.29. The molecule has 0 aliphatic carbocycles.